The van der Waals surface area contributed by atoms with Gasteiger partial charge in [-0.1, -0.05) is 20.8 Å². The van der Waals surface area contributed by atoms with Crippen LogP contribution in [0.15, 0.2) is 18.3 Å². The Morgan fingerprint density at radius 3 is 2.60 bits per heavy atom. The van der Waals surface area contributed by atoms with Crippen LogP contribution >= 0.6 is 0 Å². The van der Waals surface area contributed by atoms with Gasteiger partial charge in [-0.2, -0.15) is 0 Å². The summed E-state index contributed by atoms with van der Waals surface area (Å²) < 4.78 is 6.02. The van der Waals surface area contributed by atoms with Crippen molar-refractivity contribution < 1.29 is 4.74 Å². The maximum Gasteiger partial charge on any atom is 0.138 e. The third-order valence-electron chi connectivity index (χ3n) is 3.92. The zero-order chi connectivity index (χ0) is 14.4. The second-order valence-electron chi connectivity index (χ2n) is 6.51. The molecule has 1 N–H and O–H groups in total. The Morgan fingerprint density at radius 2 is 2.00 bits per heavy atom. The smallest absolute Gasteiger partial charge is 0.138 e. The molecule has 1 fully saturated rings. The summed E-state index contributed by atoms with van der Waals surface area (Å²) in [4.78, 5) is 4.47. The van der Waals surface area contributed by atoms with E-state index in [1.54, 1.807) is 0 Å². The van der Waals surface area contributed by atoms with Gasteiger partial charge in [-0.05, 0) is 56.2 Å². The first kappa shape index (κ1) is 15.3. The summed E-state index contributed by atoms with van der Waals surface area (Å²) in [6.07, 6.45) is 7.19. The molecule has 20 heavy (non-hydrogen) atoms. The molecule has 1 saturated carbocycles. The third-order valence-corrected chi connectivity index (χ3v) is 3.92. The van der Waals surface area contributed by atoms with Crippen molar-refractivity contribution in [1.29, 1.82) is 0 Å². The molecule has 3 heteroatoms. The molecule has 0 aliphatic heterocycles. The summed E-state index contributed by atoms with van der Waals surface area (Å²) in [5, 5.41) is 3.40. The van der Waals surface area contributed by atoms with Crippen LogP contribution in [0.3, 0.4) is 0 Å². The highest BCUT2D eigenvalue weighted by molar-refractivity contribution is 5.20. The Morgan fingerprint density at radius 1 is 1.25 bits per heavy atom. The highest BCUT2D eigenvalue weighted by atomic mass is 16.5. The van der Waals surface area contributed by atoms with Gasteiger partial charge in [0, 0.05) is 6.54 Å². The Balaban J connectivity index is 1.76. The molecule has 1 aliphatic rings. The van der Waals surface area contributed by atoms with Crippen LogP contribution < -0.4 is 10.1 Å². The average Bonchev–Trinajstić information content (AvgIpc) is 2.43. The maximum atomic E-state index is 6.02. The number of rotatable bonds is 6. The molecule has 0 saturated heterocycles. The summed E-state index contributed by atoms with van der Waals surface area (Å²) >= 11 is 0. The summed E-state index contributed by atoms with van der Waals surface area (Å²) in [6, 6.07) is 4.12. The lowest BCUT2D eigenvalue weighted by atomic mass is 9.89. The van der Waals surface area contributed by atoms with E-state index in [1.807, 2.05) is 6.20 Å². The van der Waals surface area contributed by atoms with Crippen molar-refractivity contribution in [3.63, 3.8) is 0 Å². The fraction of sp³-hybridized carbons (Fsp3) is 0.706. The SMILES string of the molecule is CC(C)CNCc1ccc(OC2CCC(C)CC2)cn1. The Bertz CT molecular complexity index is 380. The van der Waals surface area contributed by atoms with Crippen LogP contribution in [-0.4, -0.2) is 17.6 Å². The van der Waals surface area contributed by atoms with E-state index in [9.17, 15) is 0 Å². The van der Waals surface area contributed by atoms with Gasteiger partial charge in [0.15, 0.2) is 0 Å². The van der Waals surface area contributed by atoms with Gasteiger partial charge in [0.2, 0.25) is 0 Å². The first-order valence-corrected chi connectivity index (χ1v) is 7.95. The number of aromatic nitrogens is 1. The second kappa shape index (κ2) is 7.63. The van der Waals surface area contributed by atoms with Crippen molar-refractivity contribution in [1.82, 2.24) is 10.3 Å². The molecule has 0 radical (unpaired) electrons. The molecule has 0 bridgehead atoms. The minimum Gasteiger partial charge on any atom is -0.489 e. The van der Waals surface area contributed by atoms with Crippen LogP contribution in [0.4, 0.5) is 0 Å². The van der Waals surface area contributed by atoms with Crippen LogP contribution in [0.2, 0.25) is 0 Å². The van der Waals surface area contributed by atoms with E-state index in [-0.39, 0.29) is 0 Å². The van der Waals surface area contributed by atoms with Crippen molar-refractivity contribution in [2.75, 3.05) is 6.54 Å². The number of pyridine rings is 1. The molecule has 1 aromatic rings. The van der Waals surface area contributed by atoms with Crippen molar-refractivity contribution in [2.45, 2.75) is 59.1 Å². The standard InChI is InChI=1S/C17H28N2O/c1-13(2)10-18-11-15-6-9-17(12-19-15)20-16-7-4-14(3)5-8-16/h6,9,12-14,16,18H,4-5,7-8,10-11H2,1-3H3. The molecule has 1 aromatic heterocycles. The number of hydrogen-bond donors (Lipinski definition) is 1. The normalized spacial score (nSPS) is 23.0. The molecule has 0 atom stereocenters. The van der Waals surface area contributed by atoms with E-state index < -0.39 is 0 Å². The van der Waals surface area contributed by atoms with Crippen LogP contribution in [0.25, 0.3) is 0 Å². The first-order valence-electron chi connectivity index (χ1n) is 7.95. The molecule has 3 nitrogen and oxygen atoms in total. The van der Waals surface area contributed by atoms with Crippen molar-refractivity contribution in [2.24, 2.45) is 11.8 Å². The second-order valence-corrected chi connectivity index (χ2v) is 6.51. The van der Waals surface area contributed by atoms with Gasteiger partial charge in [0.05, 0.1) is 18.0 Å². The molecule has 2 rings (SSSR count). The monoisotopic (exact) mass is 276 g/mol. The molecule has 0 aromatic carbocycles. The van der Waals surface area contributed by atoms with Crippen LogP contribution in [0.1, 0.15) is 52.1 Å². The van der Waals surface area contributed by atoms with E-state index in [2.05, 4.69) is 43.2 Å². The fourth-order valence-electron chi connectivity index (χ4n) is 2.61. The highest BCUT2D eigenvalue weighted by Crippen LogP contribution is 2.26. The molecule has 0 amide bonds. The largest absolute Gasteiger partial charge is 0.489 e. The summed E-state index contributed by atoms with van der Waals surface area (Å²) in [7, 11) is 0. The molecule has 1 heterocycles. The topological polar surface area (TPSA) is 34.1 Å². The fourth-order valence-corrected chi connectivity index (χ4v) is 2.61. The lowest BCUT2D eigenvalue weighted by Gasteiger charge is -2.26. The molecule has 1 aliphatic carbocycles. The predicted octanol–water partition coefficient (Wildman–Crippen LogP) is 3.78. The zero-order valence-corrected chi connectivity index (χ0v) is 13.1. The number of nitrogens with one attached hydrogen (secondary N) is 1. The zero-order valence-electron chi connectivity index (χ0n) is 13.1. The van der Waals surface area contributed by atoms with Gasteiger partial charge in [-0.25, -0.2) is 0 Å². The highest BCUT2D eigenvalue weighted by Gasteiger charge is 2.19. The molecular weight excluding hydrogens is 248 g/mol. The van der Waals surface area contributed by atoms with E-state index in [0.29, 0.717) is 12.0 Å². The van der Waals surface area contributed by atoms with Crippen LogP contribution in [0.5, 0.6) is 5.75 Å². The lowest BCUT2D eigenvalue weighted by molar-refractivity contribution is 0.135. The quantitative estimate of drug-likeness (QED) is 0.858. The van der Waals surface area contributed by atoms with Gasteiger partial charge in [0.25, 0.3) is 0 Å². The van der Waals surface area contributed by atoms with E-state index in [4.69, 9.17) is 4.74 Å². The Kier molecular flexibility index (Phi) is 5.84. The van der Waals surface area contributed by atoms with E-state index >= 15 is 0 Å². The van der Waals surface area contributed by atoms with Gasteiger partial charge in [0.1, 0.15) is 5.75 Å². The van der Waals surface area contributed by atoms with E-state index in [0.717, 1.165) is 30.5 Å². The molecule has 112 valence electrons. The van der Waals surface area contributed by atoms with Crippen molar-refractivity contribution in [3.05, 3.63) is 24.0 Å². The lowest BCUT2D eigenvalue weighted by Crippen LogP contribution is -2.23. The van der Waals surface area contributed by atoms with Crippen molar-refractivity contribution in [3.8, 4) is 5.75 Å². The Hall–Kier alpha value is -1.09. The summed E-state index contributed by atoms with van der Waals surface area (Å²) in [5.74, 6) is 2.45. The summed E-state index contributed by atoms with van der Waals surface area (Å²) in [6.45, 7) is 8.61. The molecular formula is C17H28N2O. The average molecular weight is 276 g/mol. The van der Waals surface area contributed by atoms with Gasteiger partial charge < -0.3 is 10.1 Å². The Labute approximate surface area is 123 Å². The van der Waals surface area contributed by atoms with Crippen LogP contribution in [-0.2, 0) is 6.54 Å². The minimum absolute atomic E-state index is 0.387. The number of hydrogen-bond acceptors (Lipinski definition) is 3. The molecule has 0 spiro atoms. The van der Waals surface area contributed by atoms with Gasteiger partial charge in [-0.3, -0.25) is 4.98 Å². The number of ether oxygens (including phenoxy) is 1. The van der Waals surface area contributed by atoms with Gasteiger partial charge in [-0.15, -0.1) is 0 Å². The van der Waals surface area contributed by atoms with Gasteiger partial charge >= 0.3 is 0 Å². The minimum atomic E-state index is 0.387. The third kappa shape index (κ3) is 5.12. The summed E-state index contributed by atoms with van der Waals surface area (Å²) in [5.41, 5.74) is 1.08. The predicted molar refractivity (Wildman–Crippen MR) is 82.8 cm³/mol. The van der Waals surface area contributed by atoms with E-state index in [1.165, 1.54) is 25.7 Å². The first-order chi connectivity index (χ1) is 9.63. The maximum absolute atomic E-state index is 6.02. The number of nitrogens with zero attached hydrogens (tertiary/aromatic N) is 1. The molecule has 0 unspecified atom stereocenters. The van der Waals surface area contributed by atoms with Crippen molar-refractivity contribution >= 4 is 0 Å². The van der Waals surface area contributed by atoms with Crippen LogP contribution in [0, 0.1) is 11.8 Å².